The molecule has 6 heteroatoms. The number of halogens is 1. The highest BCUT2D eigenvalue weighted by Gasteiger charge is 2.33. The highest BCUT2D eigenvalue weighted by atomic mass is 19.1. The molecule has 0 aliphatic heterocycles. The van der Waals surface area contributed by atoms with Gasteiger partial charge in [0.25, 0.3) is 5.91 Å². The van der Waals surface area contributed by atoms with E-state index in [1.54, 1.807) is 34.0 Å². The number of carbonyl (C=O) groups is 1. The summed E-state index contributed by atoms with van der Waals surface area (Å²) in [5.74, 6) is -0.388. The van der Waals surface area contributed by atoms with Crippen LogP contribution in [0, 0.1) is 12.7 Å². The predicted molar refractivity (Wildman–Crippen MR) is 92.5 cm³/mol. The summed E-state index contributed by atoms with van der Waals surface area (Å²) in [7, 11) is 1.83. The van der Waals surface area contributed by atoms with E-state index in [1.165, 1.54) is 6.07 Å². The van der Waals surface area contributed by atoms with Crippen LogP contribution in [0.5, 0.6) is 0 Å². The van der Waals surface area contributed by atoms with E-state index in [4.69, 9.17) is 0 Å². The lowest BCUT2D eigenvalue weighted by Crippen LogP contribution is -2.33. The van der Waals surface area contributed by atoms with Crippen molar-refractivity contribution >= 4 is 16.9 Å². The number of benzene rings is 1. The predicted octanol–water partition coefficient (Wildman–Crippen LogP) is 3.22. The minimum atomic E-state index is -0.280. The van der Waals surface area contributed by atoms with Gasteiger partial charge in [0.2, 0.25) is 0 Å². The monoisotopic (exact) mass is 338 g/mol. The molecule has 1 aromatic carbocycles. The van der Waals surface area contributed by atoms with Gasteiger partial charge in [-0.1, -0.05) is 18.2 Å². The second-order valence-corrected chi connectivity index (χ2v) is 6.56. The molecule has 0 bridgehead atoms. The Balaban J connectivity index is 1.67. The smallest absolute Gasteiger partial charge is 0.255 e. The van der Waals surface area contributed by atoms with Gasteiger partial charge >= 0.3 is 0 Å². The van der Waals surface area contributed by atoms with Crippen molar-refractivity contribution in [1.82, 2.24) is 19.7 Å². The molecule has 3 aromatic rings. The molecule has 0 radical (unpaired) electrons. The Bertz CT molecular complexity index is 961. The van der Waals surface area contributed by atoms with E-state index in [-0.39, 0.29) is 24.3 Å². The van der Waals surface area contributed by atoms with Crippen LogP contribution >= 0.6 is 0 Å². The number of nitrogens with zero attached hydrogens (tertiary/aromatic N) is 4. The Morgan fingerprint density at radius 2 is 2.12 bits per heavy atom. The summed E-state index contributed by atoms with van der Waals surface area (Å²) >= 11 is 0. The molecular weight excluding hydrogens is 319 g/mol. The summed E-state index contributed by atoms with van der Waals surface area (Å²) in [6.07, 6.45) is 3.51. The SMILES string of the molecule is Cc1nn(C)c2ncc(C(=O)N(Cc3ccccc3F)C3CC3)cc12. The normalized spacial score (nSPS) is 14.0. The van der Waals surface area contributed by atoms with Crippen molar-refractivity contribution in [3.05, 3.63) is 59.2 Å². The van der Waals surface area contributed by atoms with Crippen molar-refractivity contribution < 1.29 is 9.18 Å². The first-order valence-electron chi connectivity index (χ1n) is 8.38. The summed E-state index contributed by atoms with van der Waals surface area (Å²) in [6.45, 7) is 2.18. The lowest BCUT2D eigenvalue weighted by Gasteiger charge is -2.23. The van der Waals surface area contributed by atoms with E-state index in [0.29, 0.717) is 11.1 Å². The number of fused-ring (bicyclic) bond motifs is 1. The number of rotatable bonds is 4. The average Bonchev–Trinajstić information content (AvgIpc) is 3.40. The molecule has 128 valence electrons. The van der Waals surface area contributed by atoms with Crippen LogP contribution in [-0.4, -0.2) is 31.6 Å². The number of aromatic nitrogens is 3. The van der Waals surface area contributed by atoms with Crippen LogP contribution in [0.1, 0.15) is 34.5 Å². The Kier molecular flexibility index (Phi) is 3.75. The minimum Gasteiger partial charge on any atom is -0.331 e. The molecule has 0 spiro atoms. The summed E-state index contributed by atoms with van der Waals surface area (Å²) in [4.78, 5) is 19.2. The first-order valence-corrected chi connectivity index (χ1v) is 8.38. The van der Waals surface area contributed by atoms with E-state index >= 15 is 0 Å². The fraction of sp³-hybridized carbons (Fsp3) is 0.316. The average molecular weight is 338 g/mol. The first kappa shape index (κ1) is 15.7. The zero-order valence-electron chi connectivity index (χ0n) is 14.2. The lowest BCUT2D eigenvalue weighted by atomic mass is 10.1. The highest BCUT2D eigenvalue weighted by Crippen LogP contribution is 2.30. The van der Waals surface area contributed by atoms with Gasteiger partial charge < -0.3 is 4.90 Å². The topological polar surface area (TPSA) is 51.0 Å². The van der Waals surface area contributed by atoms with Gasteiger partial charge in [0.15, 0.2) is 5.65 Å². The Labute approximate surface area is 145 Å². The largest absolute Gasteiger partial charge is 0.331 e. The number of carbonyl (C=O) groups excluding carboxylic acids is 1. The molecule has 2 heterocycles. The summed E-state index contributed by atoms with van der Waals surface area (Å²) in [5, 5.41) is 5.21. The fourth-order valence-corrected chi connectivity index (χ4v) is 3.15. The third-order valence-corrected chi connectivity index (χ3v) is 4.66. The maximum atomic E-state index is 14.0. The van der Waals surface area contributed by atoms with Gasteiger partial charge in [0.1, 0.15) is 5.82 Å². The van der Waals surface area contributed by atoms with Crippen molar-refractivity contribution in [3.63, 3.8) is 0 Å². The van der Waals surface area contributed by atoms with Gasteiger partial charge in [-0.2, -0.15) is 5.10 Å². The van der Waals surface area contributed by atoms with Gasteiger partial charge in [-0.3, -0.25) is 9.48 Å². The first-order chi connectivity index (χ1) is 12.0. The van der Waals surface area contributed by atoms with Crippen molar-refractivity contribution in [3.8, 4) is 0 Å². The third kappa shape index (κ3) is 2.88. The number of hydrogen-bond donors (Lipinski definition) is 0. The molecule has 0 atom stereocenters. The highest BCUT2D eigenvalue weighted by molar-refractivity contribution is 5.97. The van der Waals surface area contributed by atoms with E-state index in [2.05, 4.69) is 10.1 Å². The maximum Gasteiger partial charge on any atom is 0.255 e. The van der Waals surface area contributed by atoms with Crippen LogP contribution in [0.15, 0.2) is 36.5 Å². The Morgan fingerprint density at radius 1 is 1.36 bits per heavy atom. The molecule has 1 saturated carbocycles. The lowest BCUT2D eigenvalue weighted by molar-refractivity contribution is 0.0728. The van der Waals surface area contributed by atoms with Crippen molar-refractivity contribution in [2.75, 3.05) is 0 Å². The van der Waals surface area contributed by atoms with Crippen molar-refractivity contribution in [2.24, 2.45) is 7.05 Å². The number of hydrogen-bond acceptors (Lipinski definition) is 3. The molecule has 1 amide bonds. The molecular formula is C19H19FN4O. The summed E-state index contributed by atoms with van der Waals surface area (Å²) in [5.41, 5.74) is 2.65. The molecule has 0 unspecified atom stereocenters. The Hall–Kier alpha value is -2.76. The quantitative estimate of drug-likeness (QED) is 0.734. The van der Waals surface area contributed by atoms with E-state index < -0.39 is 0 Å². The molecule has 5 nitrogen and oxygen atoms in total. The number of aryl methyl sites for hydroxylation is 2. The van der Waals surface area contributed by atoms with Crippen LogP contribution in [0.4, 0.5) is 4.39 Å². The molecule has 25 heavy (non-hydrogen) atoms. The van der Waals surface area contributed by atoms with Crippen LogP contribution in [0.25, 0.3) is 11.0 Å². The zero-order chi connectivity index (χ0) is 17.6. The minimum absolute atomic E-state index is 0.108. The Morgan fingerprint density at radius 3 is 2.84 bits per heavy atom. The van der Waals surface area contributed by atoms with Crippen molar-refractivity contribution in [2.45, 2.75) is 32.4 Å². The summed E-state index contributed by atoms with van der Waals surface area (Å²) in [6, 6.07) is 8.62. The van der Waals surface area contributed by atoms with Gasteiger partial charge in [-0.15, -0.1) is 0 Å². The van der Waals surface area contributed by atoms with Gasteiger partial charge in [0, 0.05) is 36.8 Å². The molecule has 2 aromatic heterocycles. The fourth-order valence-electron chi connectivity index (χ4n) is 3.15. The zero-order valence-corrected chi connectivity index (χ0v) is 14.2. The molecule has 4 rings (SSSR count). The molecule has 1 fully saturated rings. The maximum absolute atomic E-state index is 14.0. The van der Waals surface area contributed by atoms with Crippen LogP contribution in [0.3, 0.4) is 0 Å². The standard InChI is InChI=1S/C19H19FN4O/c1-12-16-9-14(10-21-18(16)23(2)22-12)19(25)24(15-7-8-15)11-13-5-3-4-6-17(13)20/h3-6,9-10,15H,7-8,11H2,1-2H3. The van der Waals surface area contributed by atoms with Gasteiger partial charge in [0.05, 0.1) is 11.3 Å². The number of pyridine rings is 1. The van der Waals surface area contributed by atoms with E-state index in [9.17, 15) is 9.18 Å². The molecule has 0 N–H and O–H groups in total. The molecule has 0 saturated heterocycles. The second-order valence-electron chi connectivity index (χ2n) is 6.56. The van der Waals surface area contributed by atoms with Crippen LogP contribution in [-0.2, 0) is 13.6 Å². The summed E-state index contributed by atoms with van der Waals surface area (Å²) < 4.78 is 15.7. The van der Waals surface area contributed by atoms with Gasteiger partial charge in [-0.05, 0) is 31.9 Å². The van der Waals surface area contributed by atoms with E-state index in [0.717, 1.165) is 29.6 Å². The van der Waals surface area contributed by atoms with Crippen LogP contribution < -0.4 is 0 Å². The van der Waals surface area contributed by atoms with Crippen LogP contribution in [0.2, 0.25) is 0 Å². The van der Waals surface area contributed by atoms with Gasteiger partial charge in [-0.25, -0.2) is 9.37 Å². The third-order valence-electron chi connectivity index (χ3n) is 4.66. The molecule has 1 aliphatic carbocycles. The number of amides is 1. The second kappa shape index (κ2) is 5.95. The van der Waals surface area contributed by atoms with E-state index in [1.807, 2.05) is 20.0 Å². The van der Waals surface area contributed by atoms with Crippen molar-refractivity contribution in [1.29, 1.82) is 0 Å². The molecule has 1 aliphatic rings.